The summed E-state index contributed by atoms with van der Waals surface area (Å²) in [6.07, 6.45) is 6.22. The van der Waals surface area contributed by atoms with Crippen LogP contribution in [0, 0.1) is 0 Å². The van der Waals surface area contributed by atoms with Gasteiger partial charge in [-0.3, -0.25) is 0 Å². The fraction of sp³-hybridized carbons (Fsp3) is 0.684. The zero-order valence-electron chi connectivity index (χ0n) is 14.0. The van der Waals surface area contributed by atoms with Gasteiger partial charge in [-0.1, -0.05) is 30.3 Å². The van der Waals surface area contributed by atoms with Crippen molar-refractivity contribution in [3.63, 3.8) is 0 Å². The first-order chi connectivity index (χ1) is 11.3. The standard InChI is InChI=1S/C19H28O4/c1-19(16-9-3-2-4-10-16,23-18-12-6-8-14-21-18)15-22-17-11-5-7-13-20-17/h2-4,9-10,17-18H,5-8,11-15H2,1H3. The molecule has 0 aliphatic carbocycles. The van der Waals surface area contributed by atoms with E-state index < -0.39 is 5.60 Å². The van der Waals surface area contributed by atoms with Crippen LogP contribution in [0.2, 0.25) is 0 Å². The summed E-state index contributed by atoms with van der Waals surface area (Å²) in [6, 6.07) is 10.3. The molecular weight excluding hydrogens is 292 g/mol. The molecule has 1 aromatic rings. The predicted molar refractivity (Wildman–Crippen MR) is 88.0 cm³/mol. The minimum Gasteiger partial charge on any atom is -0.353 e. The van der Waals surface area contributed by atoms with Gasteiger partial charge in [0.05, 0.1) is 6.61 Å². The molecule has 0 bridgehead atoms. The Morgan fingerprint density at radius 2 is 1.61 bits per heavy atom. The molecule has 0 aromatic heterocycles. The van der Waals surface area contributed by atoms with Crippen LogP contribution in [0.3, 0.4) is 0 Å². The fourth-order valence-electron chi connectivity index (χ4n) is 3.16. The molecule has 2 aliphatic heterocycles. The Balaban J connectivity index is 1.67. The van der Waals surface area contributed by atoms with Crippen LogP contribution in [0.25, 0.3) is 0 Å². The van der Waals surface area contributed by atoms with E-state index in [4.69, 9.17) is 18.9 Å². The lowest BCUT2D eigenvalue weighted by atomic mass is 9.96. The first kappa shape index (κ1) is 16.9. The van der Waals surface area contributed by atoms with Crippen molar-refractivity contribution in [1.82, 2.24) is 0 Å². The SMILES string of the molecule is CC(COC1CCCCO1)(OC1CCCCO1)c1ccccc1. The van der Waals surface area contributed by atoms with Crippen LogP contribution >= 0.6 is 0 Å². The number of ether oxygens (including phenoxy) is 4. The minimum atomic E-state index is -0.524. The maximum absolute atomic E-state index is 6.35. The van der Waals surface area contributed by atoms with Gasteiger partial charge in [-0.2, -0.15) is 0 Å². The summed E-state index contributed by atoms with van der Waals surface area (Å²) in [4.78, 5) is 0. The normalized spacial score (nSPS) is 28.2. The zero-order chi connectivity index (χ0) is 16.0. The Morgan fingerprint density at radius 1 is 0.957 bits per heavy atom. The van der Waals surface area contributed by atoms with Gasteiger partial charge in [-0.25, -0.2) is 0 Å². The van der Waals surface area contributed by atoms with E-state index >= 15 is 0 Å². The third-order valence-electron chi connectivity index (χ3n) is 4.60. The molecule has 2 aliphatic rings. The van der Waals surface area contributed by atoms with Crippen molar-refractivity contribution in [3.8, 4) is 0 Å². The molecule has 0 radical (unpaired) electrons. The maximum Gasteiger partial charge on any atom is 0.158 e. The van der Waals surface area contributed by atoms with E-state index in [1.165, 1.54) is 6.42 Å². The summed E-state index contributed by atoms with van der Waals surface area (Å²) in [6.45, 7) is 4.13. The van der Waals surface area contributed by atoms with Crippen molar-refractivity contribution in [2.45, 2.75) is 63.6 Å². The monoisotopic (exact) mass is 320 g/mol. The molecule has 1 aromatic carbocycles. The van der Waals surface area contributed by atoms with Crippen LogP contribution in [-0.2, 0) is 24.5 Å². The lowest BCUT2D eigenvalue weighted by Crippen LogP contribution is -2.40. The summed E-state index contributed by atoms with van der Waals surface area (Å²) in [5, 5.41) is 0. The average Bonchev–Trinajstić information content (AvgIpc) is 2.63. The highest BCUT2D eigenvalue weighted by molar-refractivity contribution is 5.22. The first-order valence-corrected chi connectivity index (χ1v) is 8.84. The van der Waals surface area contributed by atoms with Gasteiger partial charge in [-0.15, -0.1) is 0 Å². The molecule has 0 saturated carbocycles. The number of hydrogen-bond donors (Lipinski definition) is 0. The summed E-state index contributed by atoms with van der Waals surface area (Å²) < 4.78 is 23.9. The molecule has 0 amide bonds. The first-order valence-electron chi connectivity index (χ1n) is 8.84. The van der Waals surface area contributed by atoms with Crippen LogP contribution < -0.4 is 0 Å². The van der Waals surface area contributed by atoms with Gasteiger partial charge in [0.25, 0.3) is 0 Å². The smallest absolute Gasteiger partial charge is 0.158 e. The summed E-state index contributed by atoms with van der Waals surface area (Å²) in [5.74, 6) is 0. The Morgan fingerprint density at radius 3 is 2.22 bits per heavy atom. The molecular formula is C19H28O4. The third kappa shape index (κ3) is 4.77. The van der Waals surface area contributed by atoms with Crippen LogP contribution in [0.1, 0.15) is 51.0 Å². The Hall–Kier alpha value is -0.940. The largest absolute Gasteiger partial charge is 0.353 e. The number of benzene rings is 1. The van der Waals surface area contributed by atoms with E-state index in [1.807, 2.05) is 18.2 Å². The van der Waals surface area contributed by atoms with Crippen LogP contribution in [0.15, 0.2) is 30.3 Å². The molecule has 2 saturated heterocycles. The van der Waals surface area contributed by atoms with E-state index in [9.17, 15) is 0 Å². The molecule has 23 heavy (non-hydrogen) atoms. The molecule has 3 unspecified atom stereocenters. The van der Waals surface area contributed by atoms with Crippen LogP contribution in [0.4, 0.5) is 0 Å². The average molecular weight is 320 g/mol. The van der Waals surface area contributed by atoms with Gasteiger partial charge in [0.15, 0.2) is 12.6 Å². The molecule has 4 heteroatoms. The van der Waals surface area contributed by atoms with Crippen molar-refractivity contribution < 1.29 is 18.9 Å². The molecule has 3 atom stereocenters. The predicted octanol–water partition coefficient (Wildman–Crippen LogP) is 3.99. The van der Waals surface area contributed by atoms with Crippen molar-refractivity contribution in [1.29, 1.82) is 0 Å². The van der Waals surface area contributed by atoms with Gasteiger partial charge >= 0.3 is 0 Å². The summed E-state index contributed by atoms with van der Waals surface area (Å²) in [7, 11) is 0. The van der Waals surface area contributed by atoms with E-state index in [0.29, 0.717) is 6.61 Å². The summed E-state index contributed by atoms with van der Waals surface area (Å²) >= 11 is 0. The van der Waals surface area contributed by atoms with Crippen molar-refractivity contribution >= 4 is 0 Å². The van der Waals surface area contributed by atoms with Crippen LogP contribution in [0.5, 0.6) is 0 Å². The molecule has 0 spiro atoms. The van der Waals surface area contributed by atoms with Crippen molar-refractivity contribution in [2.75, 3.05) is 19.8 Å². The van der Waals surface area contributed by atoms with Crippen molar-refractivity contribution in [2.24, 2.45) is 0 Å². The van der Waals surface area contributed by atoms with E-state index in [-0.39, 0.29) is 12.6 Å². The molecule has 4 nitrogen and oxygen atoms in total. The van der Waals surface area contributed by atoms with Gasteiger partial charge < -0.3 is 18.9 Å². The lowest BCUT2D eigenvalue weighted by Gasteiger charge is -2.37. The van der Waals surface area contributed by atoms with Gasteiger partial charge in [0, 0.05) is 13.2 Å². The van der Waals surface area contributed by atoms with E-state index in [2.05, 4.69) is 19.1 Å². The van der Waals surface area contributed by atoms with Gasteiger partial charge in [0.2, 0.25) is 0 Å². The number of hydrogen-bond acceptors (Lipinski definition) is 4. The van der Waals surface area contributed by atoms with Gasteiger partial charge in [0.1, 0.15) is 5.60 Å². The molecule has 2 heterocycles. The molecule has 128 valence electrons. The lowest BCUT2D eigenvalue weighted by molar-refractivity contribution is -0.258. The molecule has 2 fully saturated rings. The quantitative estimate of drug-likeness (QED) is 0.794. The molecule has 0 N–H and O–H groups in total. The maximum atomic E-state index is 6.35. The second kappa shape index (κ2) is 8.25. The highest BCUT2D eigenvalue weighted by Crippen LogP contribution is 2.31. The van der Waals surface area contributed by atoms with Gasteiger partial charge in [-0.05, 0) is 51.0 Å². The highest BCUT2D eigenvalue weighted by atomic mass is 16.7. The Bertz CT molecular complexity index is 452. The second-order valence-corrected chi connectivity index (χ2v) is 6.62. The zero-order valence-corrected chi connectivity index (χ0v) is 14.0. The Labute approximate surface area is 139 Å². The summed E-state index contributed by atoms with van der Waals surface area (Å²) in [5.41, 5.74) is 0.592. The minimum absolute atomic E-state index is 0.109. The fourth-order valence-corrected chi connectivity index (χ4v) is 3.16. The third-order valence-corrected chi connectivity index (χ3v) is 4.60. The number of rotatable bonds is 6. The Kier molecular flexibility index (Phi) is 6.06. The van der Waals surface area contributed by atoms with Crippen molar-refractivity contribution in [3.05, 3.63) is 35.9 Å². The van der Waals surface area contributed by atoms with E-state index in [0.717, 1.165) is 50.9 Å². The highest BCUT2D eigenvalue weighted by Gasteiger charge is 2.34. The van der Waals surface area contributed by atoms with Crippen LogP contribution in [-0.4, -0.2) is 32.4 Å². The van der Waals surface area contributed by atoms with E-state index in [1.54, 1.807) is 0 Å². The topological polar surface area (TPSA) is 36.9 Å². The molecule has 3 rings (SSSR count). The second-order valence-electron chi connectivity index (χ2n) is 6.62.